The lowest BCUT2D eigenvalue weighted by Gasteiger charge is -2.31. The molecule has 3 atom stereocenters. The molecule has 2 fully saturated rings. The Labute approximate surface area is 110 Å². The second-order valence-corrected chi connectivity index (χ2v) is 6.45. The molecule has 2 aliphatic rings. The average molecular weight is 291 g/mol. The van der Waals surface area contributed by atoms with Gasteiger partial charge in [0.25, 0.3) is 0 Å². The Morgan fingerprint density at radius 2 is 2.35 bits per heavy atom. The van der Waals surface area contributed by atoms with Crippen molar-refractivity contribution in [3.05, 3.63) is 28.5 Å². The summed E-state index contributed by atoms with van der Waals surface area (Å²) in [6, 6.07) is 4.73. The lowest BCUT2D eigenvalue weighted by atomic mass is 9.71. The van der Waals surface area contributed by atoms with E-state index in [4.69, 9.17) is 0 Å². The topological polar surface area (TPSA) is 36.7 Å². The molecule has 0 saturated heterocycles. The Kier molecular flexibility index (Phi) is 2.71. The largest absolute Gasteiger partial charge is 0.263 e. The minimum atomic E-state index is -0.106. The summed E-state index contributed by atoms with van der Waals surface area (Å²) in [5.74, 6) is 1.43. The van der Waals surface area contributed by atoms with E-state index in [-0.39, 0.29) is 5.41 Å². The van der Waals surface area contributed by atoms with Crippen LogP contribution in [0.1, 0.15) is 31.2 Å². The van der Waals surface area contributed by atoms with Gasteiger partial charge in [-0.3, -0.25) is 4.98 Å². The first-order valence-corrected chi connectivity index (χ1v) is 7.02. The standard InChI is InChI=1S/C14H15BrN2/c15-13-4-11(7-17-8-13)6-14(9-16)5-10-1-2-12(14)3-10/h4,7-8,10,12H,1-3,5-6H2. The molecule has 1 heterocycles. The minimum Gasteiger partial charge on any atom is -0.263 e. The van der Waals surface area contributed by atoms with Crippen LogP contribution in [0.15, 0.2) is 22.9 Å². The summed E-state index contributed by atoms with van der Waals surface area (Å²) in [6.07, 6.45) is 9.52. The third kappa shape index (κ3) is 1.89. The highest BCUT2D eigenvalue weighted by molar-refractivity contribution is 9.10. The van der Waals surface area contributed by atoms with Crippen LogP contribution in [-0.4, -0.2) is 4.98 Å². The van der Waals surface area contributed by atoms with Crippen LogP contribution in [0.25, 0.3) is 0 Å². The number of pyridine rings is 1. The second kappa shape index (κ2) is 4.10. The van der Waals surface area contributed by atoms with Gasteiger partial charge in [-0.2, -0.15) is 5.26 Å². The van der Waals surface area contributed by atoms with Crippen molar-refractivity contribution in [2.75, 3.05) is 0 Å². The normalized spacial score (nSPS) is 34.8. The Morgan fingerprint density at radius 1 is 1.47 bits per heavy atom. The van der Waals surface area contributed by atoms with E-state index in [0.29, 0.717) is 5.92 Å². The molecule has 2 bridgehead atoms. The molecule has 0 N–H and O–H groups in total. The summed E-state index contributed by atoms with van der Waals surface area (Å²) in [6.45, 7) is 0. The first kappa shape index (κ1) is 11.2. The highest BCUT2D eigenvalue weighted by Crippen LogP contribution is 2.56. The number of hydrogen-bond donors (Lipinski definition) is 0. The van der Waals surface area contributed by atoms with E-state index in [2.05, 4.69) is 33.0 Å². The van der Waals surface area contributed by atoms with Gasteiger partial charge in [-0.15, -0.1) is 0 Å². The maximum Gasteiger partial charge on any atom is 0.0696 e. The lowest BCUT2D eigenvalue weighted by Crippen LogP contribution is -2.28. The number of rotatable bonds is 2. The van der Waals surface area contributed by atoms with Crippen molar-refractivity contribution in [2.24, 2.45) is 17.3 Å². The van der Waals surface area contributed by atoms with Crippen LogP contribution in [0, 0.1) is 28.6 Å². The van der Waals surface area contributed by atoms with Gasteiger partial charge < -0.3 is 0 Å². The number of halogens is 1. The van der Waals surface area contributed by atoms with Crippen LogP contribution in [0.2, 0.25) is 0 Å². The van der Waals surface area contributed by atoms with Gasteiger partial charge in [0.2, 0.25) is 0 Å². The van der Waals surface area contributed by atoms with E-state index in [1.165, 1.54) is 24.8 Å². The van der Waals surface area contributed by atoms with E-state index < -0.39 is 0 Å². The molecular weight excluding hydrogens is 276 g/mol. The van der Waals surface area contributed by atoms with Gasteiger partial charge in [-0.1, -0.05) is 6.42 Å². The van der Waals surface area contributed by atoms with Crippen molar-refractivity contribution in [3.63, 3.8) is 0 Å². The number of fused-ring (bicyclic) bond motifs is 2. The Morgan fingerprint density at radius 3 is 2.94 bits per heavy atom. The van der Waals surface area contributed by atoms with Gasteiger partial charge >= 0.3 is 0 Å². The zero-order valence-corrected chi connectivity index (χ0v) is 11.3. The zero-order chi connectivity index (χ0) is 11.9. The molecule has 17 heavy (non-hydrogen) atoms. The van der Waals surface area contributed by atoms with Crippen molar-refractivity contribution in [1.29, 1.82) is 5.26 Å². The fourth-order valence-corrected chi connectivity index (χ4v) is 4.17. The van der Waals surface area contributed by atoms with Crippen LogP contribution < -0.4 is 0 Å². The molecule has 0 aromatic carbocycles. The predicted molar refractivity (Wildman–Crippen MR) is 69.1 cm³/mol. The summed E-state index contributed by atoms with van der Waals surface area (Å²) in [7, 11) is 0. The molecule has 3 unspecified atom stereocenters. The lowest BCUT2D eigenvalue weighted by molar-refractivity contribution is 0.239. The zero-order valence-electron chi connectivity index (χ0n) is 9.69. The van der Waals surface area contributed by atoms with Crippen molar-refractivity contribution in [2.45, 2.75) is 32.1 Å². The molecule has 0 aliphatic heterocycles. The van der Waals surface area contributed by atoms with Crippen molar-refractivity contribution >= 4 is 15.9 Å². The summed E-state index contributed by atoms with van der Waals surface area (Å²) < 4.78 is 1.01. The van der Waals surface area contributed by atoms with E-state index >= 15 is 0 Å². The van der Waals surface area contributed by atoms with Gasteiger partial charge in [-0.05, 0) is 65.1 Å². The van der Waals surface area contributed by atoms with Gasteiger partial charge in [0, 0.05) is 16.9 Å². The minimum absolute atomic E-state index is 0.106. The molecule has 2 saturated carbocycles. The monoisotopic (exact) mass is 290 g/mol. The van der Waals surface area contributed by atoms with Gasteiger partial charge in [0.15, 0.2) is 0 Å². The van der Waals surface area contributed by atoms with Crippen LogP contribution in [-0.2, 0) is 6.42 Å². The summed E-state index contributed by atoms with van der Waals surface area (Å²) in [4.78, 5) is 4.20. The summed E-state index contributed by atoms with van der Waals surface area (Å²) in [5.41, 5.74) is 1.08. The molecule has 0 radical (unpaired) electrons. The Bertz CT molecular complexity index is 479. The quantitative estimate of drug-likeness (QED) is 0.832. The molecular formula is C14H15BrN2. The highest BCUT2D eigenvalue weighted by Gasteiger charge is 2.51. The smallest absolute Gasteiger partial charge is 0.0696 e. The molecule has 88 valence electrons. The van der Waals surface area contributed by atoms with E-state index in [1.54, 1.807) is 6.20 Å². The number of nitrogens with zero attached hydrogens (tertiary/aromatic N) is 2. The fourth-order valence-electron chi connectivity index (χ4n) is 3.75. The molecule has 2 aliphatic carbocycles. The van der Waals surface area contributed by atoms with E-state index in [9.17, 15) is 5.26 Å². The van der Waals surface area contributed by atoms with Gasteiger partial charge in [-0.25, -0.2) is 0 Å². The summed E-state index contributed by atoms with van der Waals surface area (Å²) >= 11 is 3.45. The van der Waals surface area contributed by atoms with Crippen molar-refractivity contribution in [3.8, 4) is 6.07 Å². The number of aromatic nitrogens is 1. The van der Waals surface area contributed by atoms with E-state index in [0.717, 1.165) is 23.2 Å². The average Bonchev–Trinajstić information content (AvgIpc) is 2.89. The fraction of sp³-hybridized carbons (Fsp3) is 0.571. The maximum absolute atomic E-state index is 9.59. The van der Waals surface area contributed by atoms with Gasteiger partial charge in [0.05, 0.1) is 11.5 Å². The van der Waals surface area contributed by atoms with Crippen molar-refractivity contribution in [1.82, 2.24) is 4.98 Å². The molecule has 1 aromatic heterocycles. The summed E-state index contributed by atoms with van der Waals surface area (Å²) in [5, 5.41) is 9.59. The predicted octanol–water partition coefficient (Wildman–Crippen LogP) is 3.72. The molecule has 1 aromatic rings. The third-order valence-corrected chi connectivity index (χ3v) is 4.91. The SMILES string of the molecule is N#CC1(Cc2cncc(Br)c2)CC2CCC1C2. The van der Waals surface area contributed by atoms with E-state index in [1.807, 2.05) is 6.20 Å². The Hall–Kier alpha value is -0.880. The highest BCUT2D eigenvalue weighted by atomic mass is 79.9. The third-order valence-electron chi connectivity index (χ3n) is 4.48. The number of nitriles is 1. The molecule has 2 nitrogen and oxygen atoms in total. The Balaban J connectivity index is 1.86. The second-order valence-electron chi connectivity index (χ2n) is 5.54. The van der Waals surface area contributed by atoms with Gasteiger partial charge in [0.1, 0.15) is 0 Å². The number of hydrogen-bond acceptors (Lipinski definition) is 2. The van der Waals surface area contributed by atoms with Crippen molar-refractivity contribution < 1.29 is 0 Å². The molecule has 3 rings (SSSR count). The maximum atomic E-state index is 9.59. The van der Waals surface area contributed by atoms with Crippen LogP contribution in [0.4, 0.5) is 0 Å². The van der Waals surface area contributed by atoms with Crippen LogP contribution in [0.3, 0.4) is 0 Å². The van der Waals surface area contributed by atoms with Crippen LogP contribution >= 0.6 is 15.9 Å². The molecule has 3 heteroatoms. The van der Waals surface area contributed by atoms with Crippen LogP contribution in [0.5, 0.6) is 0 Å². The first-order chi connectivity index (χ1) is 8.22. The molecule has 0 amide bonds. The first-order valence-electron chi connectivity index (χ1n) is 6.22. The molecule has 0 spiro atoms.